The van der Waals surface area contributed by atoms with Crippen LogP contribution in [0.4, 0.5) is 5.69 Å². The summed E-state index contributed by atoms with van der Waals surface area (Å²) in [7, 11) is 3.05. The van der Waals surface area contributed by atoms with Gasteiger partial charge in [-0.25, -0.2) is 0 Å². The second kappa shape index (κ2) is 7.86. The molecule has 0 aliphatic carbocycles. The van der Waals surface area contributed by atoms with Crippen LogP contribution in [0.25, 0.3) is 10.9 Å². The van der Waals surface area contributed by atoms with E-state index in [0.29, 0.717) is 34.5 Å². The van der Waals surface area contributed by atoms with E-state index in [1.807, 2.05) is 0 Å². The highest BCUT2D eigenvalue weighted by molar-refractivity contribution is 5.95. The first-order chi connectivity index (χ1) is 13.1. The summed E-state index contributed by atoms with van der Waals surface area (Å²) >= 11 is 0. The van der Waals surface area contributed by atoms with Gasteiger partial charge in [0.05, 0.1) is 25.3 Å². The normalized spacial score (nSPS) is 11.8. The van der Waals surface area contributed by atoms with Crippen LogP contribution in [-0.2, 0) is 4.79 Å². The lowest BCUT2D eigenvalue weighted by molar-refractivity contribution is -0.119. The molecule has 1 atom stereocenters. The molecule has 1 heterocycles. The number of fused-ring (bicyclic) bond motifs is 1. The molecule has 140 valence electrons. The number of hydrogen-bond acceptors (Lipinski definition) is 6. The van der Waals surface area contributed by atoms with E-state index in [1.54, 1.807) is 56.5 Å². The van der Waals surface area contributed by atoms with Crippen LogP contribution in [-0.4, -0.2) is 35.1 Å². The Morgan fingerprint density at radius 2 is 1.96 bits per heavy atom. The highest BCUT2D eigenvalue weighted by Gasteiger charge is 2.23. The molecule has 1 aromatic heterocycles. The molecule has 0 spiro atoms. The number of nitrogens with one attached hydrogen (secondary N) is 1. The van der Waals surface area contributed by atoms with Crippen molar-refractivity contribution in [3.05, 3.63) is 52.8 Å². The smallest absolute Gasteiger partial charge is 0.278 e. The standard InChI is InChI=1S/C19H20N4O4/c1-4-16(23-19(25)13-7-5-6-8-14(13)21-22-23)18(24)20-15-10-9-12(26-2)11-17(15)27-3/h5-11,16H,4H2,1-3H3,(H,20,24)/t16-/m0/s1. The van der Waals surface area contributed by atoms with E-state index >= 15 is 0 Å². The van der Waals surface area contributed by atoms with Gasteiger partial charge in [0.15, 0.2) is 0 Å². The van der Waals surface area contributed by atoms with Gasteiger partial charge in [0, 0.05) is 6.07 Å². The molecule has 3 rings (SSSR count). The van der Waals surface area contributed by atoms with E-state index < -0.39 is 6.04 Å². The average molecular weight is 368 g/mol. The molecule has 0 radical (unpaired) electrons. The maximum Gasteiger partial charge on any atom is 0.278 e. The number of amides is 1. The number of ether oxygens (including phenoxy) is 2. The summed E-state index contributed by atoms with van der Waals surface area (Å²) in [6, 6.07) is 11.1. The summed E-state index contributed by atoms with van der Waals surface area (Å²) in [5.41, 5.74) is 0.610. The number of aromatic nitrogens is 3. The third-order valence-electron chi connectivity index (χ3n) is 4.24. The molecule has 0 saturated heterocycles. The van der Waals surface area contributed by atoms with Gasteiger partial charge in [-0.15, -0.1) is 5.10 Å². The maximum atomic E-state index is 12.8. The molecule has 2 aromatic carbocycles. The van der Waals surface area contributed by atoms with Crippen molar-refractivity contribution in [3.63, 3.8) is 0 Å². The Balaban J connectivity index is 1.94. The first kappa shape index (κ1) is 18.4. The minimum atomic E-state index is -0.804. The van der Waals surface area contributed by atoms with E-state index in [9.17, 15) is 9.59 Å². The van der Waals surface area contributed by atoms with E-state index in [2.05, 4.69) is 15.6 Å². The zero-order chi connectivity index (χ0) is 19.4. The first-order valence-electron chi connectivity index (χ1n) is 8.46. The van der Waals surface area contributed by atoms with Crippen LogP contribution >= 0.6 is 0 Å². The Bertz CT molecular complexity index is 1030. The molecule has 0 unspecified atom stereocenters. The van der Waals surface area contributed by atoms with Crippen molar-refractivity contribution >= 4 is 22.5 Å². The number of methoxy groups -OCH3 is 2. The van der Waals surface area contributed by atoms with Gasteiger partial charge in [0.25, 0.3) is 5.56 Å². The molecule has 0 saturated carbocycles. The molecule has 0 bridgehead atoms. The van der Waals surface area contributed by atoms with Gasteiger partial charge in [0.1, 0.15) is 23.1 Å². The lowest BCUT2D eigenvalue weighted by atomic mass is 10.2. The number of hydrogen-bond donors (Lipinski definition) is 1. The Labute approximate surface area is 155 Å². The van der Waals surface area contributed by atoms with E-state index in [1.165, 1.54) is 7.11 Å². The fourth-order valence-electron chi connectivity index (χ4n) is 2.79. The van der Waals surface area contributed by atoms with Crippen molar-refractivity contribution in [2.45, 2.75) is 19.4 Å². The Kier molecular flexibility index (Phi) is 5.35. The second-order valence-electron chi connectivity index (χ2n) is 5.84. The molecule has 1 amide bonds. The average Bonchev–Trinajstić information content (AvgIpc) is 2.70. The molecule has 0 aliphatic heterocycles. The summed E-state index contributed by atoms with van der Waals surface area (Å²) in [6.07, 6.45) is 0.372. The van der Waals surface area contributed by atoms with Gasteiger partial charge in [-0.2, -0.15) is 4.68 Å². The Morgan fingerprint density at radius 1 is 1.19 bits per heavy atom. The van der Waals surface area contributed by atoms with Crippen LogP contribution in [0, 0.1) is 0 Å². The minimum absolute atomic E-state index is 0.357. The number of rotatable bonds is 6. The van der Waals surface area contributed by atoms with Gasteiger partial charge in [0.2, 0.25) is 5.91 Å². The maximum absolute atomic E-state index is 12.8. The van der Waals surface area contributed by atoms with Crippen molar-refractivity contribution in [1.82, 2.24) is 15.0 Å². The van der Waals surface area contributed by atoms with Crippen LogP contribution in [0.1, 0.15) is 19.4 Å². The van der Waals surface area contributed by atoms with Crippen molar-refractivity contribution in [2.75, 3.05) is 19.5 Å². The SMILES string of the molecule is CC[C@@H](C(=O)Nc1ccc(OC)cc1OC)n1nnc2ccccc2c1=O. The summed E-state index contributed by atoms with van der Waals surface area (Å²) in [6.45, 7) is 1.80. The summed E-state index contributed by atoms with van der Waals surface area (Å²) in [5, 5.41) is 11.2. The summed E-state index contributed by atoms with van der Waals surface area (Å²) < 4.78 is 11.6. The van der Waals surface area contributed by atoms with Gasteiger partial charge >= 0.3 is 0 Å². The van der Waals surface area contributed by atoms with Crippen LogP contribution in [0.3, 0.4) is 0 Å². The largest absolute Gasteiger partial charge is 0.497 e. The molecule has 8 heteroatoms. The quantitative estimate of drug-likeness (QED) is 0.718. The second-order valence-corrected chi connectivity index (χ2v) is 5.84. The Hall–Kier alpha value is -3.42. The zero-order valence-corrected chi connectivity index (χ0v) is 15.3. The van der Waals surface area contributed by atoms with Gasteiger partial charge in [-0.05, 0) is 30.7 Å². The summed E-state index contributed by atoms with van der Waals surface area (Å²) in [4.78, 5) is 25.6. The monoisotopic (exact) mass is 368 g/mol. The topological polar surface area (TPSA) is 95.3 Å². The zero-order valence-electron chi connectivity index (χ0n) is 15.3. The molecule has 27 heavy (non-hydrogen) atoms. The molecular formula is C19H20N4O4. The number of anilines is 1. The predicted octanol–water partition coefficient (Wildman–Crippen LogP) is 2.40. The van der Waals surface area contributed by atoms with E-state index in [0.717, 1.165) is 4.68 Å². The molecular weight excluding hydrogens is 348 g/mol. The highest BCUT2D eigenvalue weighted by atomic mass is 16.5. The van der Waals surface area contributed by atoms with Crippen molar-refractivity contribution in [2.24, 2.45) is 0 Å². The minimum Gasteiger partial charge on any atom is -0.497 e. The van der Waals surface area contributed by atoms with E-state index in [-0.39, 0.29) is 11.5 Å². The Morgan fingerprint density at radius 3 is 2.67 bits per heavy atom. The summed E-state index contributed by atoms with van der Waals surface area (Å²) in [5.74, 6) is 0.677. The van der Waals surface area contributed by atoms with Crippen LogP contribution in [0.2, 0.25) is 0 Å². The van der Waals surface area contributed by atoms with Crippen LogP contribution in [0.5, 0.6) is 11.5 Å². The lowest BCUT2D eigenvalue weighted by Gasteiger charge is -2.18. The predicted molar refractivity (Wildman–Crippen MR) is 101 cm³/mol. The molecule has 0 aliphatic rings. The molecule has 8 nitrogen and oxygen atoms in total. The van der Waals surface area contributed by atoms with Crippen molar-refractivity contribution < 1.29 is 14.3 Å². The van der Waals surface area contributed by atoms with Crippen molar-refractivity contribution in [1.29, 1.82) is 0 Å². The fourth-order valence-corrected chi connectivity index (χ4v) is 2.79. The molecule has 0 fully saturated rings. The first-order valence-corrected chi connectivity index (χ1v) is 8.46. The number of carbonyl (C=O) groups excluding carboxylic acids is 1. The van der Waals surface area contributed by atoms with Gasteiger partial charge < -0.3 is 14.8 Å². The lowest BCUT2D eigenvalue weighted by Crippen LogP contribution is -2.35. The van der Waals surface area contributed by atoms with E-state index in [4.69, 9.17) is 9.47 Å². The van der Waals surface area contributed by atoms with Crippen LogP contribution < -0.4 is 20.3 Å². The van der Waals surface area contributed by atoms with Crippen molar-refractivity contribution in [3.8, 4) is 11.5 Å². The molecule has 3 aromatic rings. The number of nitrogens with zero attached hydrogens (tertiary/aromatic N) is 3. The highest BCUT2D eigenvalue weighted by Crippen LogP contribution is 2.29. The molecule has 1 N–H and O–H groups in total. The third kappa shape index (κ3) is 3.59. The fraction of sp³-hybridized carbons (Fsp3) is 0.263. The third-order valence-corrected chi connectivity index (χ3v) is 4.24. The van der Waals surface area contributed by atoms with Gasteiger partial charge in [-0.3, -0.25) is 9.59 Å². The number of benzene rings is 2. The number of carbonyl (C=O) groups is 1. The van der Waals surface area contributed by atoms with Gasteiger partial charge in [-0.1, -0.05) is 24.3 Å². The van der Waals surface area contributed by atoms with Crippen LogP contribution in [0.15, 0.2) is 47.3 Å².